The van der Waals surface area contributed by atoms with E-state index in [0.29, 0.717) is 23.8 Å². The lowest BCUT2D eigenvalue weighted by Crippen LogP contribution is -2.15. The highest BCUT2D eigenvalue weighted by atomic mass is 16.5. The van der Waals surface area contributed by atoms with Gasteiger partial charge in [-0.1, -0.05) is 18.2 Å². The molecule has 1 heterocycles. The number of benzene rings is 2. The first kappa shape index (κ1) is 19.2. The lowest BCUT2D eigenvalue weighted by atomic mass is 10.1. The molecule has 2 aromatic carbocycles. The summed E-state index contributed by atoms with van der Waals surface area (Å²) >= 11 is 0. The molecule has 28 heavy (non-hydrogen) atoms. The first-order valence-electron chi connectivity index (χ1n) is 8.82. The molecule has 0 saturated heterocycles. The van der Waals surface area contributed by atoms with Gasteiger partial charge in [0.05, 0.1) is 26.6 Å². The van der Waals surface area contributed by atoms with E-state index >= 15 is 0 Å². The molecule has 0 radical (unpaired) electrons. The zero-order chi connectivity index (χ0) is 19.8. The number of anilines is 2. The SMILES string of the molecule is COc1cccc(CCNc2cnc(C(=O)Nc3cccc(OC)c3)cn2)c1. The van der Waals surface area contributed by atoms with Crippen molar-refractivity contribution >= 4 is 17.4 Å². The Bertz CT molecular complexity index is 929. The first-order chi connectivity index (χ1) is 13.7. The maximum absolute atomic E-state index is 12.3. The maximum atomic E-state index is 12.3. The van der Waals surface area contributed by atoms with Crippen molar-refractivity contribution < 1.29 is 14.3 Å². The van der Waals surface area contributed by atoms with Gasteiger partial charge in [-0.25, -0.2) is 9.97 Å². The van der Waals surface area contributed by atoms with Gasteiger partial charge in [0.2, 0.25) is 0 Å². The molecule has 2 N–H and O–H groups in total. The number of amides is 1. The Labute approximate surface area is 163 Å². The van der Waals surface area contributed by atoms with Gasteiger partial charge in [-0.3, -0.25) is 4.79 Å². The summed E-state index contributed by atoms with van der Waals surface area (Å²) in [4.78, 5) is 20.7. The quantitative estimate of drug-likeness (QED) is 0.625. The fourth-order valence-electron chi connectivity index (χ4n) is 2.60. The molecular weight excluding hydrogens is 356 g/mol. The number of carbonyl (C=O) groups excluding carboxylic acids is 1. The minimum absolute atomic E-state index is 0.237. The molecule has 3 rings (SSSR count). The van der Waals surface area contributed by atoms with E-state index in [0.717, 1.165) is 17.7 Å². The van der Waals surface area contributed by atoms with Gasteiger partial charge in [-0.15, -0.1) is 0 Å². The van der Waals surface area contributed by atoms with Crippen LogP contribution in [0.25, 0.3) is 0 Å². The molecule has 0 spiro atoms. The van der Waals surface area contributed by atoms with Crippen molar-refractivity contribution in [3.05, 3.63) is 72.2 Å². The second kappa shape index (κ2) is 9.36. The van der Waals surface area contributed by atoms with Crippen LogP contribution in [0.5, 0.6) is 11.5 Å². The standard InChI is InChI=1S/C21H22N4O3/c1-27-17-7-3-5-15(11-17)9-10-22-20-14-23-19(13-24-20)21(26)25-16-6-4-8-18(12-16)28-2/h3-8,11-14H,9-10H2,1-2H3,(H,22,24)(H,25,26). The van der Waals surface area contributed by atoms with E-state index in [1.165, 1.54) is 6.20 Å². The third-order valence-electron chi connectivity index (χ3n) is 4.07. The Morgan fingerprint density at radius 2 is 1.71 bits per heavy atom. The molecule has 0 fully saturated rings. The largest absolute Gasteiger partial charge is 0.497 e. The summed E-state index contributed by atoms with van der Waals surface area (Å²) in [5.41, 5.74) is 2.03. The Morgan fingerprint density at radius 1 is 0.964 bits per heavy atom. The van der Waals surface area contributed by atoms with Crippen LogP contribution in [-0.4, -0.2) is 36.6 Å². The van der Waals surface area contributed by atoms with Gasteiger partial charge in [-0.2, -0.15) is 0 Å². The summed E-state index contributed by atoms with van der Waals surface area (Å²) in [6.45, 7) is 0.692. The minimum Gasteiger partial charge on any atom is -0.497 e. The van der Waals surface area contributed by atoms with E-state index in [1.54, 1.807) is 44.7 Å². The number of aromatic nitrogens is 2. The molecule has 0 aliphatic heterocycles. The van der Waals surface area contributed by atoms with E-state index in [-0.39, 0.29) is 11.6 Å². The van der Waals surface area contributed by atoms with Crippen LogP contribution in [0, 0.1) is 0 Å². The van der Waals surface area contributed by atoms with Crippen molar-refractivity contribution in [1.82, 2.24) is 9.97 Å². The highest BCUT2D eigenvalue weighted by Gasteiger charge is 2.09. The number of rotatable bonds is 8. The predicted molar refractivity (Wildman–Crippen MR) is 108 cm³/mol. The number of hydrogen-bond donors (Lipinski definition) is 2. The number of carbonyl (C=O) groups is 1. The van der Waals surface area contributed by atoms with Crippen molar-refractivity contribution in [3.63, 3.8) is 0 Å². The second-order valence-corrected chi connectivity index (χ2v) is 6.00. The van der Waals surface area contributed by atoms with Gasteiger partial charge >= 0.3 is 0 Å². The third kappa shape index (κ3) is 5.20. The second-order valence-electron chi connectivity index (χ2n) is 6.00. The van der Waals surface area contributed by atoms with Gasteiger partial charge in [-0.05, 0) is 36.2 Å². The van der Waals surface area contributed by atoms with Gasteiger partial charge in [0, 0.05) is 18.3 Å². The molecule has 0 aliphatic rings. The van der Waals surface area contributed by atoms with E-state index in [4.69, 9.17) is 9.47 Å². The minimum atomic E-state index is -0.330. The van der Waals surface area contributed by atoms with Crippen LogP contribution in [-0.2, 0) is 6.42 Å². The summed E-state index contributed by atoms with van der Waals surface area (Å²) in [7, 11) is 3.23. The van der Waals surface area contributed by atoms with Crippen molar-refractivity contribution in [2.75, 3.05) is 31.4 Å². The van der Waals surface area contributed by atoms with Crippen molar-refractivity contribution in [1.29, 1.82) is 0 Å². The van der Waals surface area contributed by atoms with E-state index < -0.39 is 0 Å². The van der Waals surface area contributed by atoms with Crippen LogP contribution in [0.1, 0.15) is 16.1 Å². The fourth-order valence-corrected chi connectivity index (χ4v) is 2.60. The number of nitrogens with zero attached hydrogens (tertiary/aromatic N) is 2. The molecule has 0 unspecified atom stereocenters. The Kier molecular flexibility index (Phi) is 6.41. The van der Waals surface area contributed by atoms with E-state index in [2.05, 4.69) is 20.6 Å². The Morgan fingerprint density at radius 3 is 2.43 bits per heavy atom. The zero-order valence-electron chi connectivity index (χ0n) is 15.8. The summed E-state index contributed by atoms with van der Waals surface area (Å²) < 4.78 is 10.4. The number of nitrogens with one attached hydrogen (secondary N) is 2. The van der Waals surface area contributed by atoms with Gasteiger partial charge in [0.15, 0.2) is 0 Å². The molecule has 0 aliphatic carbocycles. The fraction of sp³-hybridized carbons (Fsp3) is 0.190. The number of methoxy groups -OCH3 is 2. The Hall–Kier alpha value is -3.61. The first-order valence-corrected chi connectivity index (χ1v) is 8.82. The number of hydrogen-bond acceptors (Lipinski definition) is 6. The van der Waals surface area contributed by atoms with Crippen LogP contribution in [0.2, 0.25) is 0 Å². The van der Waals surface area contributed by atoms with Crippen LogP contribution >= 0.6 is 0 Å². The highest BCUT2D eigenvalue weighted by molar-refractivity contribution is 6.02. The molecule has 0 atom stereocenters. The number of ether oxygens (including phenoxy) is 2. The summed E-state index contributed by atoms with van der Waals surface area (Å²) in [5.74, 6) is 1.78. The lowest BCUT2D eigenvalue weighted by Gasteiger charge is -2.08. The summed E-state index contributed by atoms with van der Waals surface area (Å²) in [6.07, 6.45) is 3.81. The lowest BCUT2D eigenvalue weighted by molar-refractivity contribution is 0.102. The smallest absolute Gasteiger partial charge is 0.275 e. The topological polar surface area (TPSA) is 85.4 Å². The molecule has 0 saturated carbocycles. The van der Waals surface area contributed by atoms with E-state index in [9.17, 15) is 4.79 Å². The van der Waals surface area contributed by atoms with E-state index in [1.807, 2.05) is 24.3 Å². The Balaban J connectivity index is 1.53. The average molecular weight is 378 g/mol. The molecule has 1 amide bonds. The highest BCUT2D eigenvalue weighted by Crippen LogP contribution is 2.17. The van der Waals surface area contributed by atoms with Gasteiger partial charge in [0.1, 0.15) is 23.0 Å². The summed E-state index contributed by atoms with van der Waals surface area (Å²) in [6, 6.07) is 15.0. The zero-order valence-corrected chi connectivity index (χ0v) is 15.8. The molecular formula is C21H22N4O3. The molecule has 0 bridgehead atoms. The maximum Gasteiger partial charge on any atom is 0.275 e. The van der Waals surface area contributed by atoms with Crippen molar-refractivity contribution in [3.8, 4) is 11.5 Å². The van der Waals surface area contributed by atoms with Gasteiger partial charge in [0.25, 0.3) is 5.91 Å². The monoisotopic (exact) mass is 378 g/mol. The third-order valence-corrected chi connectivity index (χ3v) is 4.07. The predicted octanol–water partition coefficient (Wildman–Crippen LogP) is 3.40. The molecule has 7 nitrogen and oxygen atoms in total. The van der Waals surface area contributed by atoms with Crippen molar-refractivity contribution in [2.24, 2.45) is 0 Å². The van der Waals surface area contributed by atoms with Gasteiger partial charge < -0.3 is 20.1 Å². The summed E-state index contributed by atoms with van der Waals surface area (Å²) in [5, 5.41) is 5.97. The average Bonchev–Trinajstić information content (AvgIpc) is 2.74. The van der Waals surface area contributed by atoms with Crippen molar-refractivity contribution in [2.45, 2.75) is 6.42 Å². The van der Waals surface area contributed by atoms with Crippen LogP contribution in [0.3, 0.4) is 0 Å². The molecule has 7 heteroatoms. The molecule has 144 valence electrons. The van der Waals surface area contributed by atoms with Crippen LogP contribution in [0.15, 0.2) is 60.9 Å². The van der Waals surface area contributed by atoms with Crippen LogP contribution in [0.4, 0.5) is 11.5 Å². The van der Waals surface area contributed by atoms with Crippen LogP contribution < -0.4 is 20.1 Å². The molecule has 3 aromatic rings. The normalized spacial score (nSPS) is 10.2. The molecule has 1 aromatic heterocycles.